The molecule has 1 aromatic carbocycles. The number of ether oxygens (including phenoxy) is 1. The molecule has 1 aliphatic heterocycles. The molecule has 1 unspecified atom stereocenters. The van der Waals surface area contributed by atoms with Crippen molar-refractivity contribution < 1.29 is 19.1 Å². The van der Waals surface area contributed by atoms with Crippen LogP contribution in [0.15, 0.2) is 30.7 Å². The van der Waals surface area contributed by atoms with E-state index in [2.05, 4.69) is 20.7 Å². The Balaban J connectivity index is 1.43. The molecule has 30 heavy (non-hydrogen) atoms. The van der Waals surface area contributed by atoms with E-state index in [1.54, 1.807) is 36.4 Å². The lowest BCUT2D eigenvalue weighted by molar-refractivity contribution is -0.134. The van der Waals surface area contributed by atoms with Crippen molar-refractivity contribution in [3.05, 3.63) is 42.1 Å². The van der Waals surface area contributed by atoms with Gasteiger partial charge in [-0.05, 0) is 18.6 Å². The van der Waals surface area contributed by atoms with Crippen LogP contribution in [0, 0.1) is 0 Å². The van der Waals surface area contributed by atoms with Gasteiger partial charge in [0.25, 0.3) is 5.91 Å². The SMILES string of the molecule is Cn1cncc1CNC(=O)COc1ccc2c(C3CCC(=O)NC3=O)nn(C)c2c1. The Morgan fingerprint density at radius 3 is 2.90 bits per heavy atom. The van der Waals surface area contributed by atoms with E-state index in [1.807, 2.05) is 17.7 Å². The quantitative estimate of drug-likeness (QED) is 0.572. The summed E-state index contributed by atoms with van der Waals surface area (Å²) in [4.78, 5) is 39.7. The molecule has 10 heteroatoms. The highest BCUT2D eigenvalue weighted by atomic mass is 16.5. The first-order valence-corrected chi connectivity index (χ1v) is 9.57. The number of aromatic nitrogens is 4. The number of imide groups is 1. The summed E-state index contributed by atoms with van der Waals surface area (Å²) in [6, 6.07) is 5.35. The van der Waals surface area contributed by atoms with E-state index in [-0.39, 0.29) is 24.3 Å². The molecule has 3 amide bonds. The van der Waals surface area contributed by atoms with Gasteiger partial charge >= 0.3 is 0 Å². The van der Waals surface area contributed by atoms with Gasteiger partial charge in [-0.3, -0.25) is 24.4 Å². The van der Waals surface area contributed by atoms with Crippen LogP contribution in [-0.4, -0.2) is 43.7 Å². The number of fused-ring (bicyclic) bond motifs is 1. The lowest BCUT2D eigenvalue weighted by Gasteiger charge is -2.19. The molecule has 1 fully saturated rings. The summed E-state index contributed by atoms with van der Waals surface area (Å²) in [5.74, 6) is -0.761. The second-order valence-electron chi connectivity index (χ2n) is 7.25. The molecular weight excluding hydrogens is 388 g/mol. The fraction of sp³-hybridized carbons (Fsp3) is 0.350. The van der Waals surface area contributed by atoms with Gasteiger partial charge in [-0.2, -0.15) is 5.10 Å². The zero-order chi connectivity index (χ0) is 21.3. The maximum atomic E-state index is 12.2. The summed E-state index contributed by atoms with van der Waals surface area (Å²) < 4.78 is 9.12. The van der Waals surface area contributed by atoms with E-state index in [0.717, 1.165) is 16.6 Å². The third kappa shape index (κ3) is 3.88. The fourth-order valence-corrected chi connectivity index (χ4v) is 3.51. The fourth-order valence-electron chi connectivity index (χ4n) is 3.51. The van der Waals surface area contributed by atoms with E-state index < -0.39 is 5.92 Å². The monoisotopic (exact) mass is 410 g/mol. The molecule has 4 rings (SSSR count). The molecular formula is C20H22N6O4. The number of carbonyl (C=O) groups is 3. The molecule has 0 spiro atoms. The van der Waals surface area contributed by atoms with Crippen LogP contribution in [0.5, 0.6) is 5.75 Å². The van der Waals surface area contributed by atoms with Crippen LogP contribution < -0.4 is 15.4 Å². The lowest BCUT2D eigenvalue weighted by atomic mass is 9.93. The normalized spacial score (nSPS) is 16.5. The summed E-state index contributed by atoms with van der Waals surface area (Å²) >= 11 is 0. The van der Waals surface area contributed by atoms with E-state index in [9.17, 15) is 14.4 Å². The molecule has 0 radical (unpaired) electrons. The van der Waals surface area contributed by atoms with Crippen molar-refractivity contribution in [2.24, 2.45) is 14.1 Å². The standard InChI is InChI=1S/C20H22N6O4/c1-25-11-21-8-12(25)9-22-18(28)10-30-13-3-4-14-16(7-13)26(2)24-19(14)15-5-6-17(27)23-20(15)29/h3-4,7-8,11,15H,5-6,9-10H2,1-2H3,(H,22,28)(H,23,27,29). The minimum absolute atomic E-state index is 0.124. The van der Waals surface area contributed by atoms with E-state index >= 15 is 0 Å². The minimum Gasteiger partial charge on any atom is -0.484 e. The van der Waals surface area contributed by atoms with Crippen molar-refractivity contribution in [2.75, 3.05) is 6.61 Å². The summed E-state index contributed by atoms with van der Waals surface area (Å²) in [6.07, 6.45) is 4.09. The largest absolute Gasteiger partial charge is 0.484 e. The molecule has 0 aliphatic carbocycles. The summed E-state index contributed by atoms with van der Waals surface area (Å²) in [5.41, 5.74) is 2.31. The van der Waals surface area contributed by atoms with Gasteiger partial charge in [-0.1, -0.05) is 0 Å². The van der Waals surface area contributed by atoms with Gasteiger partial charge in [-0.25, -0.2) is 4.98 Å². The number of nitrogens with zero attached hydrogens (tertiary/aromatic N) is 4. The summed E-state index contributed by atoms with van der Waals surface area (Å²) in [7, 11) is 3.64. The average molecular weight is 410 g/mol. The van der Waals surface area contributed by atoms with Crippen LogP contribution >= 0.6 is 0 Å². The third-order valence-electron chi connectivity index (χ3n) is 5.17. The number of hydrogen-bond donors (Lipinski definition) is 2. The number of piperidine rings is 1. The second-order valence-corrected chi connectivity index (χ2v) is 7.25. The van der Waals surface area contributed by atoms with Crippen LogP contribution in [0.4, 0.5) is 0 Å². The van der Waals surface area contributed by atoms with Gasteiger partial charge in [-0.15, -0.1) is 0 Å². The van der Waals surface area contributed by atoms with E-state index in [0.29, 0.717) is 30.8 Å². The Kier molecular flexibility index (Phi) is 5.21. The topological polar surface area (TPSA) is 120 Å². The van der Waals surface area contributed by atoms with Crippen molar-refractivity contribution in [3.8, 4) is 5.75 Å². The van der Waals surface area contributed by atoms with E-state index in [4.69, 9.17) is 4.74 Å². The number of rotatable bonds is 6. The van der Waals surface area contributed by atoms with E-state index in [1.165, 1.54) is 0 Å². The molecule has 1 saturated heterocycles. The van der Waals surface area contributed by atoms with Crippen molar-refractivity contribution >= 4 is 28.6 Å². The first kappa shape index (κ1) is 19.6. The first-order valence-electron chi connectivity index (χ1n) is 9.57. The molecule has 1 atom stereocenters. The molecule has 10 nitrogen and oxygen atoms in total. The number of amides is 3. The summed E-state index contributed by atoms with van der Waals surface area (Å²) in [6.45, 7) is 0.246. The highest BCUT2D eigenvalue weighted by molar-refractivity contribution is 6.02. The number of benzene rings is 1. The van der Waals surface area contributed by atoms with Gasteiger partial charge in [0.2, 0.25) is 11.8 Å². The van der Waals surface area contributed by atoms with Crippen LogP contribution in [0.3, 0.4) is 0 Å². The predicted octanol–water partition coefficient (Wildman–Crippen LogP) is 0.522. The predicted molar refractivity (Wildman–Crippen MR) is 106 cm³/mol. The Labute approximate surface area is 172 Å². The first-order chi connectivity index (χ1) is 14.4. The van der Waals surface area contributed by atoms with Crippen LogP contribution in [0.1, 0.15) is 30.1 Å². The number of nitrogens with one attached hydrogen (secondary N) is 2. The van der Waals surface area contributed by atoms with Crippen molar-refractivity contribution in [1.29, 1.82) is 0 Å². The van der Waals surface area contributed by atoms with Crippen molar-refractivity contribution in [3.63, 3.8) is 0 Å². The third-order valence-corrected chi connectivity index (χ3v) is 5.17. The van der Waals surface area contributed by atoms with Gasteiger partial charge in [0.05, 0.1) is 35.7 Å². The van der Waals surface area contributed by atoms with Gasteiger partial charge in [0.1, 0.15) is 5.75 Å². The number of carbonyl (C=O) groups excluding carboxylic acids is 3. The van der Waals surface area contributed by atoms with Gasteiger partial charge in [0, 0.05) is 38.2 Å². The maximum Gasteiger partial charge on any atom is 0.258 e. The highest BCUT2D eigenvalue weighted by Gasteiger charge is 2.31. The molecule has 3 aromatic rings. The number of aryl methyl sites for hydroxylation is 2. The molecule has 2 N–H and O–H groups in total. The van der Waals surface area contributed by atoms with Gasteiger partial charge < -0.3 is 14.6 Å². The minimum atomic E-state index is -0.462. The van der Waals surface area contributed by atoms with Crippen molar-refractivity contribution in [1.82, 2.24) is 30.0 Å². The Morgan fingerprint density at radius 2 is 2.17 bits per heavy atom. The smallest absolute Gasteiger partial charge is 0.258 e. The Morgan fingerprint density at radius 1 is 1.33 bits per heavy atom. The summed E-state index contributed by atoms with van der Waals surface area (Å²) in [5, 5.41) is 10.5. The number of hydrogen-bond acceptors (Lipinski definition) is 6. The molecule has 0 saturated carbocycles. The zero-order valence-corrected chi connectivity index (χ0v) is 16.7. The maximum absolute atomic E-state index is 12.2. The molecule has 3 heterocycles. The zero-order valence-electron chi connectivity index (χ0n) is 16.7. The number of imidazole rings is 1. The highest BCUT2D eigenvalue weighted by Crippen LogP contribution is 2.31. The van der Waals surface area contributed by atoms with Gasteiger partial charge in [0.15, 0.2) is 6.61 Å². The Hall–Kier alpha value is -3.69. The van der Waals surface area contributed by atoms with Crippen LogP contribution in [0.2, 0.25) is 0 Å². The Bertz CT molecular complexity index is 1130. The molecule has 2 aromatic heterocycles. The van der Waals surface area contributed by atoms with Crippen molar-refractivity contribution in [2.45, 2.75) is 25.3 Å². The van der Waals surface area contributed by atoms with Crippen LogP contribution in [0.25, 0.3) is 10.9 Å². The lowest BCUT2D eigenvalue weighted by Crippen LogP contribution is -2.39. The second kappa shape index (κ2) is 7.97. The molecule has 156 valence electrons. The molecule has 1 aliphatic rings. The molecule has 0 bridgehead atoms. The van der Waals surface area contributed by atoms with Crippen LogP contribution in [-0.2, 0) is 35.0 Å². The average Bonchev–Trinajstić information content (AvgIpc) is 3.27.